The molecule has 4 heteroatoms. The Morgan fingerprint density at radius 3 is 1.02 bits per heavy atom. The van der Waals surface area contributed by atoms with Crippen LogP contribution in [0.5, 0.6) is 0 Å². The van der Waals surface area contributed by atoms with Crippen molar-refractivity contribution in [2.75, 3.05) is 0 Å². The highest BCUT2D eigenvalue weighted by Gasteiger charge is 2.23. The molecule has 0 aliphatic carbocycles. The van der Waals surface area contributed by atoms with Crippen LogP contribution in [0.25, 0.3) is 89.9 Å². The second-order valence-corrected chi connectivity index (χ2v) is 13.8. The highest BCUT2D eigenvalue weighted by atomic mass is 14.8. The van der Waals surface area contributed by atoms with Crippen molar-refractivity contribution >= 4 is 45.4 Å². The molecule has 4 nitrogen and oxygen atoms in total. The monoisotopic (exact) mass is 670 g/mol. The van der Waals surface area contributed by atoms with E-state index < -0.39 is 0 Å². The standard InChI is InChI=1S/C48H38N4/c1-29-25-37-41(33-17-9-5-10-18-33)38-27-31(3)47(51-38)44(36-23-15-8-16-24-36)48-32(4)28-40(52-48)42(34-19-11-6-12-20-34)39-26-30(2)46(50-39)43(45(29)49-37)35-21-13-7-14-22-35/h5-28,49,52H,1-4H3. The van der Waals surface area contributed by atoms with Gasteiger partial charge in [-0.25, -0.2) is 9.97 Å². The summed E-state index contributed by atoms with van der Waals surface area (Å²) >= 11 is 0. The lowest BCUT2D eigenvalue weighted by Gasteiger charge is -2.08. The van der Waals surface area contributed by atoms with Crippen LogP contribution in [0.3, 0.4) is 0 Å². The van der Waals surface area contributed by atoms with Crippen molar-refractivity contribution in [1.82, 2.24) is 19.9 Å². The molecule has 0 amide bonds. The van der Waals surface area contributed by atoms with E-state index in [1.54, 1.807) is 0 Å². The van der Waals surface area contributed by atoms with Crippen LogP contribution in [0.4, 0.5) is 0 Å². The summed E-state index contributed by atoms with van der Waals surface area (Å²) in [6.07, 6.45) is 4.48. The quantitative estimate of drug-likeness (QED) is 0.196. The summed E-state index contributed by atoms with van der Waals surface area (Å²) in [5, 5.41) is 0. The first-order valence-electron chi connectivity index (χ1n) is 17.8. The molecule has 3 aromatic heterocycles. The number of H-pyrrole nitrogens is 2. The summed E-state index contributed by atoms with van der Waals surface area (Å²) in [4.78, 5) is 18.9. The van der Waals surface area contributed by atoms with Crippen LogP contribution in [0.2, 0.25) is 0 Å². The van der Waals surface area contributed by atoms with E-state index in [0.717, 1.165) is 112 Å². The van der Waals surface area contributed by atoms with E-state index in [1.807, 2.05) is 0 Å². The number of aromatic amines is 2. The summed E-state index contributed by atoms with van der Waals surface area (Å²) in [5.41, 5.74) is 21.2. The van der Waals surface area contributed by atoms with E-state index in [-0.39, 0.29) is 0 Å². The van der Waals surface area contributed by atoms with Gasteiger partial charge in [-0.3, -0.25) is 0 Å². The molecule has 0 unspecified atom stereocenters. The molecule has 52 heavy (non-hydrogen) atoms. The number of hydrogen-bond donors (Lipinski definition) is 2. The first-order chi connectivity index (χ1) is 25.4. The van der Waals surface area contributed by atoms with Gasteiger partial charge in [0.25, 0.3) is 0 Å². The van der Waals surface area contributed by atoms with Crippen LogP contribution in [0.15, 0.2) is 133 Å². The summed E-state index contributed by atoms with van der Waals surface area (Å²) in [7, 11) is 0. The fourth-order valence-electron chi connectivity index (χ4n) is 7.80. The van der Waals surface area contributed by atoms with Crippen LogP contribution in [0.1, 0.15) is 47.8 Å². The second-order valence-electron chi connectivity index (χ2n) is 13.8. The first-order valence-corrected chi connectivity index (χ1v) is 17.8. The summed E-state index contributed by atoms with van der Waals surface area (Å²) in [6.45, 7) is 8.73. The third kappa shape index (κ3) is 5.32. The lowest BCUT2D eigenvalue weighted by atomic mass is 9.99. The molecule has 2 N–H and O–H groups in total. The number of aryl methyl sites for hydroxylation is 2. The maximum atomic E-state index is 5.53. The Morgan fingerprint density at radius 1 is 0.385 bits per heavy atom. The number of fused-ring (bicyclic) bond motifs is 8. The SMILES string of the molecule is CC1=Cc2nc1c(-c1ccccc1)c1[nH]c(cc1C)c(-c1ccccc1)c1nc(c(-c3ccccc3)c3[nH]c(cc3C)c2-c2ccccc2)C(C)=C1. The molecule has 0 radical (unpaired) electrons. The lowest BCUT2D eigenvalue weighted by molar-refractivity contribution is 1.29. The molecule has 5 heterocycles. The zero-order valence-electron chi connectivity index (χ0n) is 29.8. The minimum Gasteiger partial charge on any atom is -0.354 e. The Kier molecular flexibility index (Phi) is 7.66. The predicted molar refractivity (Wildman–Crippen MR) is 219 cm³/mol. The molecule has 0 spiro atoms. The lowest BCUT2D eigenvalue weighted by Crippen LogP contribution is -1.91. The highest BCUT2D eigenvalue weighted by Crippen LogP contribution is 2.42. The van der Waals surface area contributed by atoms with Crippen LogP contribution < -0.4 is 0 Å². The van der Waals surface area contributed by atoms with Gasteiger partial charge in [-0.2, -0.15) is 0 Å². The number of rotatable bonds is 4. The van der Waals surface area contributed by atoms with E-state index in [0.29, 0.717) is 0 Å². The molecule has 0 fully saturated rings. The van der Waals surface area contributed by atoms with Gasteiger partial charge in [0.05, 0.1) is 33.8 Å². The molecule has 0 atom stereocenters. The third-order valence-corrected chi connectivity index (χ3v) is 10.2. The fraction of sp³-hybridized carbons (Fsp3) is 0.0833. The molecule has 8 bridgehead atoms. The molecule has 9 rings (SSSR count). The molecular weight excluding hydrogens is 633 g/mol. The molecule has 2 aliphatic heterocycles. The van der Waals surface area contributed by atoms with Gasteiger partial charge in [-0.05, 0) is 96.5 Å². The zero-order valence-corrected chi connectivity index (χ0v) is 29.8. The normalized spacial score (nSPS) is 12.5. The number of hydrogen-bond acceptors (Lipinski definition) is 2. The number of nitrogens with zero attached hydrogens (tertiary/aromatic N) is 2. The van der Waals surface area contributed by atoms with Crippen LogP contribution in [-0.4, -0.2) is 19.9 Å². The molecule has 7 aromatic rings. The van der Waals surface area contributed by atoms with Crippen LogP contribution in [0, 0.1) is 13.8 Å². The molecule has 0 saturated heterocycles. The average Bonchev–Trinajstić information content (AvgIpc) is 3.94. The van der Waals surface area contributed by atoms with Gasteiger partial charge in [0.15, 0.2) is 0 Å². The second kappa shape index (κ2) is 12.7. The zero-order chi connectivity index (χ0) is 35.3. The summed E-state index contributed by atoms with van der Waals surface area (Å²) < 4.78 is 0. The van der Waals surface area contributed by atoms with Crippen molar-refractivity contribution in [1.29, 1.82) is 0 Å². The van der Waals surface area contributed by atoms with E-state index in [4.69, 9.17) is 9.97 Å². The maximum Gasteiger partial charge on any atom is 0.0766 e. The maximum absolute atomic E-state index is 5.53. The fourth-order valence-corrected chi connectivity index (χ4v) is 7.80. The Labute approximate surface area is 303 Å². The van der Waals surface area contributed by atoms with Crippen molar-refractivity contribution in [3.63, 3.8) is 0 Å². The van der Waals surface area contributed by atoms with Gasteiger partial charge in [0, 0.05) is 33.3 Å². The van der Waals surface area contributed by atoms with E-state index in [9.17, 15) is 0 Å². The van der Waals surface area contributed by atoms with Gasteiger partial charge in [-0.1, -0.05) is 121 Å². The highest BCUT2D eigenvalue weighted by molar-refractivity contribution is 6.04. The largest absolute Gasteiger partial charge is 0.354 e. The third-order valence-electron chi connectivity index (χ3n) is 10.2. The molecule has 2 aliphatic rings. The van der Waals surface area contributed by atoms with E-state index in [1.165, 1.54) is 0 Å². The Bertz CT molecular complexity index is 2540. The van der Waals surface area contributed by atoms with Crippen molar-refractivity contribution in [2.24, 2.45) is 0 Å². The van der Waals surface area contributed by atoms with E-state index >= 15 is 0 Å². The first kappa shape index (κ1) is 31.5. The summed E-state index contributed by atoms with van der Waals surface area (Å²) in [5.74, 6) is 0. The molecular formula is C48H38N4. The van der Waals surface area contributed by atoms with Crippen LogP contribution >= 0.6 is 0 Å². The Balaban J connectivity index is 1.56. The minimum atomic E-state index is 0.930. The van der Waals surface area contributed by atoms with Gasteiger partial charge < -0.3 is 9.97 Å². The van der Waals surface area contributed by atoms with Crippen molar-refractivity contribution in [3.8, 4) is 44.5 Å². The number of benzene rings is 4. The van der Waals surface area contributed by atoms with E-state index in [2.05, 4.69) is 183 Å². The van der Waals surface area contributed by atoms with Gasteiger partial charge in [-0.15, -0.1) is 0 Å². The smallest absolute Gasteiger partial charge is 0.0766 e. The molecule has 4 aromatic carbocycles. The Morgan fingerprint density at radius 2 is 0.692 bits per heavy atom. The summed E-state index contributed by atoms with van der Waals surface area (Å²) in [6, 6.07) is 47.0. The predicted octanol–water partition coefficient (Wildman–Crippen LogP) is 12.7. The number of nitrogens with one attached hydrogen (secondary N) is 2. The molecule has 250 valence electrons. The van der Waals surface area contributed by atoms with Gasteiger partial charge in [0.1, 0.15) is 0 Å². The van der Waals surface area contributed by atoms with Gasteiger partial charge in [0.2, 0.25) is 0 Å². The Hall–Kier alpha value is -6.52. The molecule has 0 saturated carbocycles. The van der Waals surface area contributed by atoms with Gasteiger partial charge >= 0.3 is 0 Å². The van der Waals surface area contributed by atoms with Crippen molar-refractivity contribution in [3.05, 3.63) is 167 Å². The van der Waals surface area contributed by atoms with Crippen molar-refractivity contribution < 1.29 is 0 Å². The number of allylic oxidation sites excluding steroid dienone is 2. The number of aromatic nitrogens is 4. The minimum absolute atomic E-state index is 0.930. The van der Waals surface area contributed by atoms with Crippen LogP contribution in [-0.2, 0) is 0 Å². The topological polar surface area (TPSA) is 57.4 Å². The van der Waals surface area contributed by atoms with Crippen molar-refractivity contribution in [2.45, 2.75) is 27.7 Å². The average molecular weight is 671 g/mol.